The molecule has 1 aliphatic carbocycles. The Bertz CT molecular complexity index is 1190. The minimum absolute atomic E-state index is 0.0261. The van der Waals surface area contributed by atoms with Gasteiger partial charge in [0.1, 0.15) is 17.7 Å². The van der Waals surface area contributed by atoms with Gasteiger partial charge in [-0.1, -0.05) is 29.3 Å². The molecule has 0 aliphatic heterocycles. The summed E-state index contributed by atoms with van der Waals surface area (Å²) in [5.74, 6) is -0.586. The fourth-order valence-corrected chi connectivity index (χ4v) is 3.63. The lowest BCUT2D eigenvalue weighted by Crippen LogP contribution is -2.27. The summed E-state index contributed by atoms with van der Waals surface area (Å²) in [6.07, 6.45) is 7.29. The van der Waals surface area contributed by atoms with Crippen molar-refractivity contribution < 1.29 is 19.1 Å². The smallest absolute Gasteiger partial charge is 0.330 e. The topological polar surface area (TPSA) is 120 Å². The summed E-state index contributed by atoms with van der Waals surface area (Å²) in [5, 5.41) is 10.5. The van der Waals surface area contributed by atoms with Gasteiger partial charge in [0, 0.05) is 12.4 Å². The number of nitrogens with one attached hydrogen (secondary N) is 2. The molecule has 0 unspecified atom stereocenters. The Morgan fingerprint density at radius 1 is 1.21 bits per heavy atom. The summed E-state index contributed by atoms with van der Waals surface area (Å²) in [5.41, 5.74) is 0.980. The zero-order valence-corrected chi connectivity index (χ0v) is 19.9. The fraction of sp³-hybridized carbons (Fsp3) is 0.318. The molecule has 2 aromatic heterocycles. The van der Waals surface area contributed by atoms with E-state index in [9.17, 15) is 9.59 Å². The molecule has 3 aromatic rings. The van der Waals surface area contributed by atoms with Crippen LogP contribution < -0.4 is 15.4 Å². The van der Waals surface area contributed by atoms with Crippen LogP contribution in [0.4, 0.5) is 17.3 Å². The number of hydrogen-bond acceptors (Lipinski definition) is 8. The van der Waals surface area contributed by atoms with Gasteiger partial charge in [-0.3, -0.25) is 9.48 Å². The molecule has 0 saturated heterocycles. The van der Waals surface area contributed by atoms with E-state index >= 15 is 0 Å². The molecule has 10 nitrogen and oxygen atoms in total. The van der Waals surface area contributed by atoms with Crippen LogP contribution in [0, 0.1) is 0 Å². The second kappa shape index (κ2) is 10.3. The van der Waals surface area contributed by atoms with Crippen molar-refractivity contribution in [3.05, 3.63) is 52.4 Å². The average molecular weight is 505 g/mol. The van der Waals surface area contributed by atoms with Crippen LogP contribution in [0.1, 0.15) is 42.6 Å². The maximum Gasteiger partial charge on any atom is 0.330 e. The van der Waals surface area contributed by atoms with Crippen LogP contribution in [0.25, 0.3) is 0 Å². The summed E-state index contributed by atoms with van der Waals surface area (Å²) in [6.45, 7) is 1.67. The molecule has 1 amide bonds. The highest BCUT2D eigenvalue weighted by Crippen LogP contribution is 2.32. The summed E-state index contributed by atoms with van der Waals surface area (Å²) in [6, 6.07) is 4.34. The SMILES string of the molecule is COC(=O)[C@@H](C)n1cc(Nc2ncc(C(=O)Nc3c(Cl)cccc3Cl)c(OC3CCC3)n2)cn1. The zero-order valence-electron chi connectivity index (χ0n) is 18.4. The first-order chi connectivity index (χ1) is 16.4. The Morgan fingerprint density at radius 3 is 2.59 bits per heavy atom. The Morgan fingerprint density at radius 2 is 1.94 bits per heavy atom. The van der Waals surface area contributed by atoms with Crippen molar-refractivity contribution in [1.82, 2.24) is 19.7 Å². The van der Waals surface area contributed by atoms with E-state index in [0.717, 1.165) is 19.3 Å². The van der Waals surface area contributed by atoms with Crippen LogP contribution in [0.3, 0.4) is 0 Å². The third kappa shape index (κ3) is 5.23. The lowest BCUT2D eigenvalue weighted by molar-refractivity contribution is -0.144. The molecule has 178 valence electrons. The van der Waals surface area contributed by atoms with E-state index in [1.165, 1.54) is 24.2 Å². The van der Waals surface area contributed by atoms with Crippen LogP contribution in [-0.2, 0) is 9.53 Å². The Kier molecular flexibility index (Phi) is 7.18. The summed E-state index contributed by atoms with van der Waals surface area (Å²) >= 11 is 12.4. The highest BCUT2D eigenvalue weighted by Gasteiger charge is 2.25. The van der Waals surface area contributed by atoms with Gasteiger partial charge in [0.15, 0.2) is 0 Å². The van der Waals surface area contributed by atoms with E-state index < -0.39 is 17.9 Å². The number of esters is 1. The Hall–Kier alpha value is -3.37. The number of halogens is 2. The van der Waals surface area contributed by atoms with Gasteiger partial charge in [0.25, 0.3) is 5.91 Å². The van der Waals surface area contributed by atoms with Gasteiger partial charge >= 0.3 is 5.97 Å². The number of anilines is 3. The fourth-order valence-electron chi connectivity index (χ4n) is 3.14. The molecule has 2 heterocycles. The number of benzene rings is 1. The number of ether oxygens (including phenoxy) is 2. The van der Waals surface area contributed by atoms with E-state index in [2.05, 4.69) is 25.7 Å². The first kappa shape index (κ1) is 23.8. The standard InChI is InChI=1S/C22H22Cl2N6O4/c1-12(21(32)33-2)30-11-13(9-26-30)27-22-25-10-15(20(29-22)34-14-5-3-6-14)19(31)28-18-16(23)7-4-8-17(18)24/h4,7-12,14H,3,5-6H2,1-2H3,(H,28,31)(H,25,27,29)/t12-/m1/s1. The molecular weight excluding hydrogens is 483 g/mol. The maximum absolute atomic E-state index is 13.0. The van der Waals surface area contributed by atoms with Crippen molar-refractivity contribution in [3.8, 4) is 5.88 Å². The maximum atomic E-state index is 13.0. The minimum Gasteiger partial charge on any atom is -0.474 e. The second-order valence-electron chi connectivity index (χ2n) is 7.67. The van der Waals surface area contributed by atoms with Crippen LogP contribution >= 0.6 is 23.2 Å². The predicted octanol–water partition coefficient (Wildman–Crippen LogP) is 4.64. The normalized spacial score (nSPS) is 14.1. The van der Waals surface area contributed by atoms with Crippen LogP contribution in [-0.4, -0.2) is 44.8 Å². The van der Waals surface area contributed by atoms with E-state index in [1.807, 2.05) is 0 Å². The third-order valence-electron chi connectivity index (χ3n) is 5.33. The van der Waals surface area contributed by atoms with E-state index in [0.29, 0.717) is 21.4 Å². The lowest BCUT2D eigenvalue weighted by atomic mass is 9.96. The van der Waals surface area contributed by atoms with Crippen molar-refractivity contribution >= 4 is 52.4 Å². The third-order valence-corrected chi connectivity index (χ3v) is 5.96. The molecule has 4 rings (SSSR count). The first-order valence-corrected chi connectivity index (χ1v) is 11.3. The zero-order chi connectivity index (χ0) is 24.2. The van der Waals surface area contributed by atoms with Gasteiger partial charge in [-0.15, -0.1) is 0 Å². The minimum atomic E-state index is -0.596. The average Bonchev–Trinajstić information content (AvgIpc) is 3.26. The van der Waals surface area contributed by atoms with Crippen LogP contribution in [0.5, 0.6) is 5.88 Å². The molecular formula is C22H22Cl2N6O4. The van der Waals surface area contributed by atoms with Crippen molar-refractivity contribution in [2.45, 2.75) is 38.3 Å². The molecule has 1 aliphatic rings. The lowest BCUT2D eigenvalue weighted by Gasteiger charge is -2.26. The summed E-state index contributed by atoms with van der Waals surface area (Å²) in [7, 11) is 1.32. The molecule has 1 saturated carbocycles. The molecule has 12 heteroatoms. The van der Waals surface area contributed by atoms with E-state index in [4.69, 9.17) is 32.7 Å². The predicted molar refractivity (Wildman–Crippen MR) is 127 cm³/mol. The van der Waals surface area contributed by atoms with Gasteiger partial charge in [0.05, 0.1) is 34.7 Å². The summed E-state index contributed by atoms with van der Waals surface area (Å²) in [4.78, 5) is 33.4. The second-order valence-corrected chi connectivity index (χ2v) is 8.48. The number of rotatable bonds is 8. The van der Waals surface area contributed by atoms with Crippen LogP contribution in [0.2, 0.25) is 10.0 Å². The van der Waals surface area contributed by atoms with Gasteiger partial charge in [-0.25, -0.2) is 9.78 Å². The Labute approximate surface area is 205 Å². The van der Waals surface area contributed by atoms with Gasteiger partial charge in [-0.05, 0) is 38.3 Å². The van der Waals surface area contributed by atoms with Gasteiger partial charge < -0.3 is 20.1 Å². The summed E-state index contributed by atoms with van der Waals surface area (Å²) < 4.78 is 12.2. The van der Waals surface area contributed by atoms with Crippen LogP contribution in [0.15, 0.2) is 36.8 Å². The monoisotopic (exact) mass is 504 g/mol. The largest absolute Gasteiger partial charge is 0.474 e. The number of aromatic nitrogens is 4. The van der Waals surface area contributed by atoms with Crippen molar-refractivity contribution in [3.63, 3.8) is 0 Å². The number of carbonyl (C=O) groups excluding carboxylic acids is 2. The number of carbonyl (C=O) groups is 2. The first-order valence-electron chi connectivity index (χ1n) is 10.5. The number of hydrogen-bond donors (Lipinski definition) is 2. The Balaban J connectivity index is 1.56. The molecule has 1 fully saturated rings. The number of para-hydroxylation sites is 1. The molecule has 1 atom stereocenters. The molecule has 0 spiro atoms. The molecule has 0 radical (unpaired) electrons. The highest BCUT2D eigenvalue weighted by molar-refractivity contribution is 6.40. The molecule has 0 bridgehead atoms. The number of methoxy groups -OCH3 is 1. The van der Waals surface area contributed by atoms with Gasteiger partial charge in [-0.2, -0.15) is 10.1 Å². The quantitative estimate of drug-likeness (QED) is 0.425. The van der Waals surface area contributed by atoms with Crippen molar-refractivity contribution in [2.24, 2.45) is 0 Å². The van der Waals surface area contributed by atoms with Crippen molar-refractivity contribution in [1.29, 1.82) is 0 Å². The molecule has 34 heavy (non-hydrogen) atoms. The highest BCUT2D eigenvalue weighted by atomic mass is 35.5. The van der Waals surface area contributed by atoms with E-state index in [1.54, 1.807) is 31.3 Å². The van der Waals surface area contributed by atoms with Gasteiger partial charge in [0.2, 0.25) is 11.8 Å². The molecule has 1 aromatic carbocycles. The van der Waals surface area contributed by atoms with Crippen molar-refractivity contribution in [2.75, 3.05) is 17.7 Å². The molecule has 2 N–H and O–H groups in total. The number of nitrogens with zero attached hydrogens (tertiary/aromatic N) is 4. The number of amides is 1. The van der Waals surface area contributed by atoms with E-state index in [-0.39, 0.29) is 23.5 Å².